The molecule has 0 spiro atoms. The molecule has 1 N–H and O–H groups in total. The highest BCUT2D eigenvalue weighted by atomic mass is 15.2. The molecule has 0 bridgehead atoms. The van der Waals surface area contributed by atoms with Crippen LogP contribution in [0.3, 0.4) is 0 Å². The quantitative estimate of drug-likeness (QED) is 0.767. The van der Waals surface area contributed by atoms with Gasteiger partial charge in [-0.25, -0.2) is 0 Å². The second kappa shape index (κ2) is 4.66. The van der Waals surface area contributed by atoms with E-state index in [2.05, 4.69) is 17.1 Å². The van der Waals surface area contributed by atoms with Crippen molar-refractivity contribution in [2.45, 2.75) is 57.5 Å². The molecule has 0 aromatic rings. The van der Waals surface area contributed by atoms with Gasteiger partial charge in [0.15, 0.2) is 0 Å². The first-order valence-corrected chi connectivity index (χ1v) is 7.29. The zero-order valence-corrected chi connectivity index (χ0v) is 10.6. The lowest BCUT2D eigenvalue weighted by molar-refractivity contribution is 0.162. The van der Waals surface area contributed by atoms with Gasteiger partial charge in [-0.2, -0.15) is 0 Å². The minimum atomic E-state index is 0.799. The normalized spacial score (nSPS) is 33.9. The van der Waals surface area contributed by atoms with Gasteiger partial charge in [-0.05, 0) is 56.9 Å². The summed E-state index contributed by atoms with van der Waals surface area (Å²) in [5, 5.41) is 3.80. The smallest absolute Gasteiger partial charge is 0.0198 e. The molecule has 0 aromatic carbocycles. The Hall–Kier alpha value is -0.0800. The summed E-state index contributed by atoms with van der Waals surface area (Å²) in [6.07, 6.45) is 8.66. The summed E-state index contributed by atoms with van der Waals surface area (Å²) in [6, 6.07) is 1.68. The highest BCUT2D eigenvalue weighted by Gasteiger charge is 2.31. The molecule has 3 aliphatic rings. The second-order valence-electron chi connectivity index (χ2n) is 6.35. The minimum absolute atomic E-state index is 0.799. The van der Waals surface area contributed by atoms with Crippen LogP contribution in [0.15, 0.2) is 0 Å². The molecule has 0 aromatic heterocycles. The predicted octanol–water partition coefficient (Wildman–Crippen LogP) is 2.25. The van der Waals surface area contributed by atoms with E-state index in [4.69, 9.17) is 0 Å². The number of hydrogen-bond acceptors (Lipinski definition) is 2. The zero-order valence-electron chi connectivity index (χ0n) is 10.6. The average molecular weight is 222 g/mol. The lowest BCUT2D eigenvalue weighted by atomic mass is 10.0. The second-order valence-corrected chi connectivity index (χ2v) is 6.35. The largest absolute Gasteiger partial charge is 0.310 e. The fourth-order valence-electron chi connectivity index (χ4n) is 3.16. The summed E-state index contributed by atoms with van der Waals surface area (Å²) < 4.78 is 0. The van der Waals surface area contributed by atoms with Gasteiger partial charge in [-0.15, -0.1) is 0 Å². The number of nitrogens with one attached hydrogen (secondary N) is 1. The maximum atomic E-state index is 3.80. The number of likely N-dealkylation sites (tertiary alicyclic amines) is 1. The first-order chi connectivity index (χ1) is 7.81. The van der Waals surface area contributed by atoms with E-state index >= 15 is 0 Å². The van der Waals surface area contributed by atoms with E-state index in [0.717, 1.165) is 23.9 Å². The van der Waals surface area contributed by atoms with Gasteiger partial charge in [-0.3, -0.25) is 0 Å². The van der Waals surface area contributed by atoms with E-state index in [1.807, 2.05) is 0 Å². The van der Waals surface area contributed by atoms with Gasteiger partial charge in [0.05, 0.1) is 0 Å². The summed E-state index contributed by atoms with van der Waals surface area (Å²) in [5.41, 5.74) is 0. The van der Waals surface area contributed by atoms with E-state index in [0.29, 0.717) is 0 Å². The summed E-state index contributed by atoms with van der Waals surface area (Å²) in [6.45, 7) is 6.47. The SMILES string of the molecule is CC(CN1CCCC(NC2CC2)C1)C1CC1. The summed E-state index contributed by atoms with van der Waals surface area (Å²) >= 11 is 0. The van der Waals surface area contributed by atoms with E-state index < -0.39 is 0 Å². The zero-order chi connectivity index (χ0) is 11.0. The Morgan fingerprint density at radius 1 is 1.12 bits per heavy atom. The third kappa shape index (κ3) is 2.98. The molecule has 2 aliphatic carbocycles. The molecule has 3 rings (SSSR count). The summed E-state index contributed by atoms with van der Waals surface area (Å²) in [5.74, 6) is 2.01. The molecule has 2 heteroatoms. The Morgan fingerprint density at radius 3 is 2.62 bits per heavy atom. The number of piperidine rings is 1. The van der Waals surface area contributed by atoms with Crippen LogP contribution in [0, 0.1) is 11.8 Å². The molecule has 1 heterocycles. The van der Waals surface area contributed by atoms with Gasteiger partial charge in [0.2, 0.25) is 0 Å². The molecule has 16 heavy (non-hydrogen) atoms. The fourth-order valence-corrected chi connectivity index (χ4v) is 3.16. The van der Waals surface area contributed by atoms with Crippen LogP contribution in [-0.2, 0) is 0 Å². The van der Waals surface area contributed by atoms with Crippen LogP contribution in [0.2, 0.25) is 0 Å². The van der Waals surface area contributed by atoms with Gasteiger partial charge in [0.1, 0.15) is 0 Å². The van der Waals surface area contributed by atoms with Crippen molar-refractivity contribution >= 4 is 0 Å². The van der Waals surface area contributed by atoms with Crippen molar-refractivity contribution in [1.29, 1.82) is 0 Å². The monoisotopic (exact) mass is 222 g/mol. The third-order valence-electron chi connectivity index (χ3n) is 4.53. The highest BCUT2D eigenvalue weighted by Crippen LogP contribution is 2.37. The fraction of sp³-hybridized carbons (Fsp3) is 1.00. The first kappa shape index (κ1) is 11.0. The number of nitrogens with zero attached hydrogens (tertiary/aromatic N) is 1. The standard InChI is InChI=1S/C14H26N2/c1-11(12-4-5-12)9-16-8-2-3-14(10-16)15-13-6-7-13/h11-15H,2-10H2,1H3. The van der Waals surface area contributed by atoms with Crippen molar-refractivity contribution < 1.29 is 0 Å². The van der Waals surface area contributed by atoms with E-state index in [9.17, 15) is 0 Å². The molecule has 3 fully saturated rings. The molecule has 1 aliphatic heterocycles. The summed E-state index contributed by atoms with van der Waals surface area (Å²) in [7, 11) is 0. The molecule has 0 radical (unpaired) electrons. The van der Waals surface area contributed by atoms with Gasteiger partial charge in [-0.1, -0.05) is 6.92 Å². The molecule has 2 unspecified atom stereocenters. The molecule has 2 atom stereocenters. The Kier molecular flexibility index (Phi) is 3.21. The third-order valence-corrected chi connectivity index (χ3v) is 4.53. The van der Waals surface area contributed by atoms with Crippen LogP contribution in [0.5, 0.6) is 0 Å². The van der Waals surface area contributed by atoms with E-state index in [1.54, 1.807) is 0 Å². The molecular weight excluding hydrogens is 196 g/mol. The van der Waals surface area contributed by atoms with Crippen LogP contribution < -0.4 is 5.32 Å². The lowest BCUT2D eigenvalue weighted by Gasteiger charge is -2.35. The molecule has 1 saturated heterocycles. The van der Waals surface area contributed by atoms with Crippen LogP contribution in [0.1, 0.15) is 45.4 Å². The van der Waals surface area contributed by atoms with Gasteiger partial charge >= 0.3 is 0 Å². The van der Waals surface area contributed by atoms with Crippen molar-refractivity contribution in [2.24, 2.45) is 11.8 Å². The highest BCUT2D eigenvalue weighted by molar-refractivity contribution is 4.89. The number of rotatable bonds is 5. The number of hydrogen-bond donors (Lipinski definition) is 1. The summed E-state index contributed by atoms with van der Waals surface area (Å²) in [4.78, 5) is 2.71. The van der Waals surface area contributed by atoms with Crippen LogP contribution in [0.4, 0.5) is 0 Å². The molecule has 92 valence electrons. The van der Waals surface area contributed by atoms with Gasteiger partial charge < -0.3 is 10.2 Å². The molecule has 0 amide bonds. The van der Waals surface area contributed by atoms with Crippen LogP contribution in [-0.4, -0.2) is 36.6 Å². The molecular formula is C14H26N2. The Labute approximate surface area is 99.8 Å². The van der Waals surface area contributed by atoms with Gasteiger partial charge in [0, 0.05) is 25.2 Å². The Balaban J connectivity index is 1.43. The van der Waals surface area contributed by atoms with Crippen LogP contribution >= 0.6 is 0 Å². The lowest BCUT2D eigenvalue weighted by Crippen LogP contribution is -2.47. The maximum Gasteiger partial charge on any atom is 0.0198 e. The van der Waals surface area contributed by atoms with E-state index in [1.165, 1.54) is 58.2 Å². The topological polar surface area (TPSA) is 15.3 Å². The van der Waals surface area contributed by atoms with Crippen molar-refractivity contribution in [3.05, 3.63) is 0 Å². The van der Waals surface area contributed by atoms with Crippen molar-refractivity contribution in [2.75, 3.05) is 19.6 Å². The molecule has 2 nitrogen and oxygen atoms in total. The maximum absolute atomic E-state index is 3.80. The van der Waals surface area contributed by atoms with Crippen molar-refractivity contribution in [3.8, 4) is 0 Å². The Morgan fingerprint density at radius 2 is 1.94 bits per heavy atom. The van der Waals surface area contributed by atoms with Crippen molar-refractivity contribution in [3.63, 3.8) is 0 Å². The predicted molar refractivity (Wildman–Crippen MR) is 67.5 cm³/mol. The minimum Gasteiger partial charge on any atom is -0.310 e. The van der Waals surface area contributed by atoms with Crippen LogP contribution in [0.25, 0.3) is 0 Å². The van der Waals surface area contributed by atoms with Crippen molar-refractivity contribution in [1.82, 2.24) is 10.2 Å². The first-order valence-electron chi connectivity index (χ1n) is 7.29. The van der Waals surface area contributed by atoms with Gasteiger partial charge in [0.25, 0.3) is 0 Å². The Bertz CT molecular complexity index is 233. The van der Waals surface area contributed by atoms with E-state index in [-0.39, 0.29) is 0 Å². The average Bonchev–Trinajstić information content (AvgIpc) is 3.13. The molecule has 2 saturated carbocycles.